The zero-order valence-electron chi connectivity index (χ0n) is 16.0. The van der Waals surface area contributed by atoms with Gasteiger partial charge in [-0.05, 0) is 68.3 Å². The van der Waals surface area contributed by atoms with Gasteiger partial charge in [0, 0.05) is 17.6 Å². The maximum atomic E-state index is 12.5. The number of aromatic nitrogens is 4. The summed E-state index contributed by atoms with van der Waals surface area (Å²) in [5, 5.41) is 7.91. The topological polar surface area (TPSA) is 103 Å². The Kier molecular flexibility index (Phi) is 4.43. The summed E-state index contributed by atoms with van der Waals surface area (Å²) >= 11 is 0. The largest absolute Gasteiger partial charge is 0.321 e. The predicted molar refractivity (Wildman–Crippen MR) is 106 cm³/mol. The molecule has 0 unspecified atom stereocenters. The van der Waals surface area contributed by atoms with Crippen molar-refractivity contribution in [2.24, 2.45) is 0 Å². The van der Waals surface area contributed by atoms with Crippen LogP contribution in [-0.2, 0) is 10.0 Å². The van der Waals surface area contributed by atoms with E-state index in [1.54, 1.807) is 32.0 Å². The molecule has 0 aliphatic heterocycles. The van der Waals surface area contributed by atoms with Crippen molar-refractivity contribution in [3.05, 3.63) is 36.4 Å². The highest BCUT2D eigenvalue weighted by molar-refractivity contribution is 7.89. The zero-order valence-corrected chi connectivity index (χ0v) is 16.9. The van der Waals surface area contributed by atoms with E-state index >= 15 is 0 Å². The average molecular weight is 399 g/mol. The van der Waals surface area contributed by atoms with E-state index in [1.165, 1.54) is 0 Å². The Bertz CT molecular complexity index is 1270. The van der Waals surface area contributed by atoms with Gasteiger partial charge in [-0.15, -0.1) is 0 Å². The number of nitrogens with zero attached hydrogens (tertiary/aromatic N) is 4. The van der Waals surface area contributed by atoms with Gasteiger partial charge in [-0.25, -0.2) is 22.8 Å². The number of fused-ring (bicyclic) bond motifs is 2. The monoisotopic (exact) mass is 399 g/mol. The van der Waals surface area contributed by atoms with Crippen molar-refractivity contribution in [3.8, 4) is 11.4 Å². The molecule has 4 rings (SSSR count). The summed E-state index contributed by atoms with van der Waals surface area (Å²) in [6, 6.07) is 10.5. The van der Waals surface area contributed by atoms with Crippen molar-refractivity contribution in [1.29, 1.82) is 0 Å². The highest BCUT2D eigenvalue weighted by atomic mass is 32.2. The molecule has 0 aliphatic rings. The van der Waals surface area contributed by atoms with E-state index in [2.05, 4.69) is 33.4 Å². The lowest BCUT2D eigenvalue weighted by atomic mass is 10.1. The van der Waals surface area contributed by atoms with E-state index in [1.807, 2.05) is 18.2 Å². The third-order valence-corrected chi connectivity index (χ3v) is 6.06. The number of sulfonamides is 1. The normalized spacial score (nSPS) is 12.6. The molecule has 0 aliphatic carbocycles. The molecule has 4 aromatic rings. The fourth-order valence-electron chi connectivity index (χ4n) is 3.32. The Balaban J connectivity index is 1.95. The van der Waals surface area contributed by atoms with Gasteiger partial charge >= 0.3 is 0 Å². The Morgan fingerprint density at radius 3 is 2.54 bits per heavy atom. The first kappa shape index (κ1) is 18.6. The maximum Gasteiger partial charge on any atom is 0.240 e. The Labute approximate surface area is 162 Å². The molecule has 0 bridgehead atoms. The van der Waals surface area contributed by atoms with E-state index in [9.17, 15) is 8.42 Å². The molecule has 0 radical (unpaired) electrons. The third-order valence-electron chi connectivity index (χ3n) is 4.41. The van der Waals surface area contributed by atoms with Gasteiger partial charge in [-0.3, -0.25) is 0 Å². The van der Waals surface area contributed by atoms with Crippen molar-refractivity contribution >= 4 is 32.1 Å². The molecule has 2 heterocycles. The molecule has 2 aromatic carbocycles. The predicted octanol–water partition coefficient (Wildman–Crippen LogP) is 3.51. The lowest BCUT2D eigenvalue weighted by Gasteiger charge is -2.13. The number of hydrogen-bond acceptors (Lipinski definition) is 6. The molecule has 0 fully saturated rings. The standard InChI is InChI=1S/C19H21N5O3S/c1-11(2)23-28(25,26)13-8-9-17-16(10-13)20-19(24(17)12(3)4)14-6-5-7-15-18(14)22-27-21-15/h5-12,23H,1-4H3. The average Bonchev–Trinajstić information content (AvgIpc) is 3.23. The van der Waals surface area contributed by atoms with E-state index in [-0.39, 0.29) is 17.0 Å². The van der Waals surface area contributed by atoms with Crippen molar-refractivity contribution < 1.29 is 13.0 Å². The molecule has 28 heavy (non-hydrogen) atoms. The van der Waals surface area contributed by atoms with Gasteiger partial charge < -0.3 is 4.57 Å². The summed E-state index contributed by atoms with van der Waals surface area (Å²) in [5.74, 6) is 0.692. The smallest absolute Gasteiger partial charge is 0.240 e. The van der Waals surface area contributed by atoms with Crippen molar-refractivity contribution in [3.63, 3.8) is 0 Å². The quantitative estimate of drug-likeness (QED) is 0.551. The number of nitrogens with one attached hydrogen (secondary N) is 1. The molecule has 0 saturated carbocycles. The van der Waals surface area contributed by atoms with Gasteiger partial charge in [0.25, 0.3) is 0 Å². The molecule has 0 amide bonds. The number of benzene rings is 2. The molecule has 2 aromatic heterocycles. The minimum absolute atomic E-state index is 0.103. The Morgan fingerprint density at radius 2 is 1.82 bits per heavy atom. The SMILES string of the molecule is CC(C)NS(=O)(=O)c1ccc2c(c1)nc(-c1cccc3nonc13)n2C(C)C. The molecule has 0 spiro atoms. The fraction of sp³-hybridized carbons (Fsp3) is 0.316. The van der Waals surface area contributed by atoms with Crippen LogP contribution in [0.5, 0.6) is 0 Å². The molecular weight excluding hydrogens is 378 g/mol. The molecule has 8 nitrogen and oxygen atoms in total. The van der Waals surface area contributed by atoms with Crippen LogP contribution >= 0.6 is 0 Å². The van der Waals surface area contributed by atoms with E-state index in [0.29, 0.717) is 22.4 Å². The second-order valence-corrected chi connectivity index (χ2v) is 8.98. The first-order chi connectivity index (χ1) is 13.3. The second-order valence-electron chi connectivity index (χ2n) is 7.26. The molecule has 0 atom stereocenters. The van der Waals surface area contributed by atoms with Crippen LogP contribution in [0.25, 0.3) is 33.5 Å². The van der Waals surface area contributed by atoms with E-state index in [0.717, 1.165) is 11.1 Å². The molecular formula is C19H21N5O3S. The number of rotatable bonds is 5. The summed E-state index contributed by atoms with van der Waals surface area (Å²) < 4.78 is 34.6. The molecule has 1 N–H and O–H groups in total. The van der Waals surface area contributed by atoms with Crippen molar-refractivity contribution in [2.75, 3.05) is 0 Å². The molecule has 0 saturated heterocycles. The lowest BCUT2D eigenvalue weighted by Crippen LogP contribution is -2.30. The summed E-state index contributed by atoms with van der Waals surface area (Å²) in [6.45, 7) is 7.68. The van der Waals surface area contributed by atoms with Crippen LogP contribution in [0.3, 0.4) is 0 Å². The van der Waals surface area contributed by atoms with Gasteiger partial charge in [0.05, 0.1) is 15.9 Å². The molecule has 9 heteroatoms. The van der Waals surface area contributed by atoms with Crippen LogP contribution in [0.4, 0.5) is 0 Å². The van der Waals surface area contributed by atoms with Gasteiger partial charge in [0.1, 0.15) is 16.9 Å². The summed E-state index contributed by atoms with van der Waals surface area (Å²) in [4.78, 5) is 4.94. The summed E-state index contributed by atoms with van der Waals surface area (Å²) in [5.41, 5.74) is 3.50. The van der Waals surface area contributed by atoms with Crippen LogP contribution in [-0.4, -0.2) is 34.3 Å². The van der Waals surface area contributed by atoms with E-state index in [4.69, 9.17) is 9.61 Å². The fourth-order valence-corrected chi connectivity index (χ4v) is 4.59. The van der Waals surface area contributed by atoms with Gasteiger partial charge in [0.15, 0.2) is 0 Å². The first-order valence-electron chi connectivity index (χ1n) is 9.04. The van der Waals surface area contributed by atoms with Crippen molar-refractivity contribution in [1.82, 2.24) is 24.6 Å². The number of imidazole rings is 1. The Hall–Kier alpha value is -2.78. The van der Waals surface area contributed by atoms with Crippen LogP contribution < -0.4 is 4.72 Å². The van der Waals surface area contributed by atoms with Crippen LogP contribution in [0.15, 0.2) is 45.9 Å². The first-order valence-corrected chi connectivity index (χ1v) is 10.5. The van der Waals surface area contributed by atoms with Gasteiger partial charge in [-0.1, -0.05) is 6.07 Å². The highest BCUT2D eigenvalue weighted by Crippen LogP contribution is 2.32. The van der Waals surface area contributed by atoms with E-state index < -0.39 is 10.0 Å². The van der Waals surface area contributed by atoms with Gasteiger partial charge in [0.2, 0.25) is 10.0 Å². The minimum atomic E-state index is -3.60. The van der Waals surface area contributed by atoms with Crippen LogP contribution in [0.1, 0.15) is 33.7 Å². The van der Waals surface area contributed by atoms with Crippen LogP contribution in [0.2, 0.25) is 0 Å². The minimum Gasteiger partial charge on any atom is -0.321 e. The van der Waals surface area contributed by atoms with Gasteiger partial charge in [-0.2, -0.15) is 0 Å². The lowest BCUT2D eigenvalue weighted by molar-refractivity contribution is 0.315. The maximum absolute atomic E-state index is 12.5. The zero-order chi connectivity index (χ0) is 20.1. The third kappa shape index (κ3) is 3.06. The summed E-state index contributed by atoms with van der Waals surface area (Å²) in [7, 11) is -3.60. The highest BCUT2D eigenvalue weighted by Gasteiger charge is 2.21. The van der Waals surface area contributed by atoms with Crippen LogP contribution in [0, 0.1) is 0 Å². The molecule has 146 valence electrons. The van der Waals surface area contributed by atoms with Crippen molar-refractivity contribution in [2.45, 2.75) is 44.7 Å². The number of hydrogen-bond donors (Lipinski definition) is 1. The summed E-state index contributed by atoms with van der Waals surface area (Å²) in [6.07, 6.45) is 0. The second kappa shape index (κ2) is 6.68. The Morgan fingerprint density at radius 1 is 1.04 bits per heavy atom.